The van der Waals surface area contributed by atoms with Gasteiger partial charge in [0.2, 0.25) is 0 Å². The highest BCUT2D eigenvalue weighted by molar-refractivity contribution is 6.46. The van der Waals surface area contributed by atoms with E-state index in [2.05, 4.69) is 9.97 Å². The fourth-order valence-electron chi connectivity index (χ4n) is 3.81. The van der Waals surface area contributed by atoms with Gasteiger partial charge in [0.25, 0.3) is 11.7 Å². The van der Waals surface area contributed by atoms with Crippen molar-refractivity contribution in [2.75, 3.05) is 14.2 Å². The molecule has 1 N–H and O–H groups in total. The largest absolute Gasteiger partial charge is 0.507 e. The summed E-state index contributed by atoms with van der Waals surface area (Å²) >= 11 is 6.19. The maximum Gasteiger partial charge on any atom is 0.295 e. The van der Waals surface area contributed by atoms with Crippen LogP contribution in [0.4, 0.5) is 0 Å². The van der Waals surface area contributed by atoms with E-state index < -0.39 is 23.5 Å². The maximum atomic E-state index is 13.2. The molecule has 9 heteroatoms. The van der Waals surface area contributed by atoms with Gasteiger partial charge in [-0.1, -0.05) is 17.7 Å². The van der Waals surface area contributed by atoms with Crippen LogP contribution in [0.1, 0.15) is 22.7 Å². The number of ether oxygens (including phenoxy) is 2. The summed E-state index contributed by atoms with van der Waals surface area (Å²) in [4.78, 5) is 35.8. The predicted molar refractivity (Wildman–Crippen MR) is 121 cm³/mol. The smallest absolute Gasteiger partial charge is 0.295 e. The number of aliphatic hydroxyl groups is 1. The summed E-state index contributed by atoms with van der Waals surface area (Å²) in [6.07, 6.45) is 6.37. The quantitative estimate of drug-likeness (QED) is 0.336. The predicted octanol–water partition coefficient (Wildman–Crippen LogP) is 3.77. The fraction of sp³-hybridized carbons (Fsp3) is 0.167. The lowest BCUT2D eigenvalue weighted by atomic mass is 9.95. The lowest BCUT2D eigenvalue weighted by Crippen LogP contribution is -2.29. The summed E-state index contributed by atoms with van der Waals surface area (Å²) in [5, 5.41) is 11.6. The van der Waals surface area contributed by atoms with E-state index in [1.165, 1.54) is 31.3 Å². The summed E-state index contributed by atoms with van der Waals surface area (Å²) in [5.41, 5.74) is 1.47. The molecule has 4 rings (SSSR count). The van der Waals surface area contributed by atoms with Gasteiger partial charge in [0.1, 0.15) is 17.3 Å². The van der Waals surface area contributed by atoms with Gasteiger partial charge in [0.05, 0.1) is 36.4 Å². The number of ketones is 1. The molecule has 0 spiro atoms. The number of amides is 1. The van der Waals surface area contributed by atoms with Crippen LogP contribution in [0.5, 0.6) is 11.5 Å². The molecule has 168 valence electrons. The topological polar surface area (TPSA) is 102 Å². The minimum absolute atomic E-state index is 0.0715. The van der Waals surface area contributed by atoms with Gasteiger partial charge >= 0.3 is 0 Å². The van der Waals surface area contributed by atoms with Crippen molar-refractivity contribution in [2.45, 2.75) is 12.6 Å². The second-order valence-electron chi connectivity index (χ2n) is 7.26. The third-order valence-corrected chi connectivity index (χ3v) is 5.66. The third kappa shape index (κ3) is 4.12. The molecule has 1 aromatic carbocycles. The number of likely N-dealkylation sites (tertiary alicyclic amines) is 1. The van der Waals surface area contributed by atoms with Crippen LogP contribution in [0.3, 0.4) is 0 Å². The average molecular weight is 466 g/mol. The van der Waals surface area contributed by atoms with Crippen molar-refractivity contribution in [3.05, 3.63) is 88.5 Å². The number of carbonyl (C=O) groups is 2. The third-order valence-electron chi connectivity index (χ3n) is 5.37. The van der Waals surface area contributed by atoms with Crippen LogP contribution in [0.15, 0.2) is 66.8 Å². The number of rotatable bonds is 6. The van der Waals surface area contributed by atoms with E-state index in [4.69, 9.17) is 21.1 Å². The number of carbonyl (C=O) groups excluding carboxylic acids is 2. The van der Waals surface area contributed by atoms with Crippen molar-refractivity contribution in [1.82, 2.24) is 14.9 Å². The number of hydrogen-bond donors (Lipinski definition) is 1. The standard InChI is InChI=1S/C24H20ClN3O5/c1-32-18-11-17(25)19(33-2)10-16(18)22(29)20-21(15-5-8-26-9-6-15)28(24(31)23(20)30)13-14-4-3-7-27-12-14/h3-12,21,29H,13H2,1-2H3/b22-20+. The van der Waals surface area contributed by atoms with Crippen LogP contribution in [-0.4, -0.2) is 45.9 Å². The molecule has 8 nitrogen and oxygen atoms in total. The molecule has 0 radical (unpaired) electrons. The van der Waals surface area contributed by atoms with Gasteiger partial charge in [-0.2, -0.15) is 0 Å². The highest BCUT2D eigenvalue weighted by Crippen LogP contribution is 2.43. The van der Waals surface area contributed by atoms with Crippen molar-refractivity contribution < 1.29 is 24.2 Å². The molecule has 1 aliphatic heterocycles. The number of nitrogens with zero attached hydrogens (tertiary/aromatic N) is 3. The van der Waals surface area contributed by atoms with Gasteiger partial charge in [0.15, 0.2) is 0 Å². The molecular formula is C24H20ClN3O5. The van der Waals surface area contributed by atoms with Gasteiger partial charge in [-0.3, -0.25) is 19.6 Å². The molecule has 3 heterocycles. The van der Waals surface area contributed by atoms with Gasteiger partial charge in [0, 0.05) is 37.4 Å². The molecule has 1 saturated heterocycles. The Kier molecular flexibility index (Phi) is 6.28. The minimum Gasteiger partial charge on any atom is -0.507 e. The molecule has 2 aromatic heterocycles. The fourth-order valence-corrected chi connectivity index (χ4v) is 4.05. The maximum absolute atomic E-state index is 13.2. The number of halogens is 1. The molecule has 1 fully saturated rings. The number of hydrogen-bond acceptors (Lipinski definition) is 7. The average Bonchev–Trinajstić information content (AvgIpc) is 3.09. The molecule has 1 unspecified atom stereocenters. The van der Waals surface area contributed by atoms with Crippen LogP contribution < -0.4 is 9.47 Å². The molecule has 0 bridgehead atoms. The molecular weight excluding hydrogens is 446 g/mol. The molecule has 1 amide bonds. The number of Topliss-reactive ketones (excluding diaryl/α,β-unsaturated/α-hetero) is 1. The van der Waals surface area contributed by atoms with E-state index in [-0.39, 0.29) is 34.2 Å². The molecule has 0 saturated carbocycles. The molecule has 1 aliphatic rings. The van der Waals surface area contributed by atoms with E-state index in [0.29, 0.717) is 5.56 Å². The number of methoxy groups -OCH3 is 2. The van der Waals surface area contributed by atoms with Crippen LogP contribution in [0, 0.1) is 0 Å². The van der Waals surface area contributed by atoms with E-state index >= 15 is 0 Å². The Hall–Kier alpha value is -3.91. The molecule has 0 aliphatic carbocycles. The lowest BCUT2D eigenvalue weighted by Gasteiger charge is -2.25. The van der Waals surface area contributed by atoms with E-state index in [0.717, 1.165) is 5.56 Å². The zero-order valence-corrected chi connectivity index (χ0v) is 18.6. The first-order valence-electron chi connectivity index (χ1n) is 9.95. The van der Waals surface area contributed by atoms with Gasteiger partial charge in [-0.05, 0) is 35.4 Å². The Morgan fingerprint density at radius 2 is 1.79 bits per heavy atom. The van der Waals surface area contributed by atoms with Gasteiger partial charge < -0.3 is 19.5 Å². The highest BCUT2D eigenvalue weighted by Gasteiger charge is 2.46. The first-order valence-corrected chi connectivity index (χ1v) is 10.3. The Bertz CT molecular complexity index is 1230. The van der Waals surface area contributed by atoms with Crippen LogP contribution in [0.2, 0.25) is 5.02 Å². The van der Waals surface area contributed by atoms with Crippen LogP contribution >= 0.6 is 11.6 Å². The Morgan fingerprint density at radius 3 is 2.42 bits per heavy atom. The second-order valence-corrected chi connectivity index (χ2v) is 7.66. The highest BCUT2D eigenvalue weighted by atomic mass is 35.5. The van der Waals surface area contributed by atoms with Crippen molar-refractivity contribution >= 4 is 29.1 Å². The first kappa shape index (κ1) is 22.3. The molecule has 3 aromatic rings. The zero-order chi connectivity index (χ0) is 23.5. The summed E-state index contributed by atoms with van der Waals surface area (Å²) in [7, 11) is 2.84. The zero-order valence-electron chi connectivity index (χ0n) is 17.9. The van der Waals surface area contributed by atoms with Crippen molar-refractivity contribution in [3.8, 4) is 11.5 Å². The monoisotopic (exact) mass is 465 g/mol. The van der Waals surface area contributed by atoms with Gasteiger partial charge in [-0.25, -0.2) is 0 Å². The summed E-state index contributed by atoms with van der Waals surface area (Å²) < 4.78 is 10.6. The second kappa shape index (κ2) is 9.30. The summed E-state index contributed by atoms with van der Waals surface area (Å²) in [5.74, 6) is -1.43. The van der Waals surface area contributed by atoms with Crippen molar-refractivity contribution in [2.24, 2.45) is 0 Å². The SMILES string of the molecule is COc1cc(/C(O)=C2\C(=O)C(=O)N(Cc3cccnc3)C2c2ccncc2)c(OC)cc1Cl. The van der Waals surface area contributed by atoms with Crippen molar-refractivity contribution in [3.63, 3.8) is 0 Å². The normalized spacial score (nSPS) is 17.3. The first-order chi connectivity index (χ1) is 16.0. The molecule has 1 atom stereocenters. The molecule has 33 heavy (non-hydrogen) atoms. The summed E-state index contributed by atoms with van der Waals surface area (Å²) in [6.45, 7) is 0.128. The number of benzene rings is 1. The van der Waals surface area contributed by atoms with Crippen LogP contribution in [-0.2, 0) is 16.1 Å². The van der Waals surface area contributed by atoms with Gasteiger partial charge in [-0.15, -0.1) is 0 Å². The number of aromatic nitrogens is 2. The number of pyridine rings is 2. The summed E-state index contributed by atoms with van der Waals surface area (Å²) in [6, 6.07) is 9.04. The Morgan fingerprint density at radius 1 is 1.06 bits per heavy atom. The Balaban J connectivity index is 1.91. The minimum atomic E-state index is -0.848. The van der Waals surface area contributed by atoms with E-state index in [9.17, 15) is 14.7 Å². The van der Waals surface area contributed by atoms with Crippen molar-refractivity contribution in [1.29, 1.82) is 0 Å². The lowest BCUT2D eigenvalue weighted by molar-refractivity contribution is -0.140. The van der Waals surface area contributed by atoms with E-state index in [1.54, 1.807) is 43.0 Å². The van der Waals surface area contributed by atoms with Crippen LogP contribution in [0.25, 0.3) is 5.76 Å². The Labute approximate surface area is 195 Å². The number of aliphatic hydroxyl groups excluding tert-OH is 1. The van der Waals surface area contributed by atoms with E-state index in [1.807, 2.05) is 6.07 Å².